The van der Waals surface area contributed by atoms with Crippen LogP contribution in [0.2, 0.25) is 15.1 Å². The van der Waals surface area contributed by atoms with Gasteiger partial charge in [-0.1, -0.05) is 46.9 Å². The molecule has 2 nitrogen and oxygen atoms in total. The Hall–Kier alpha value is -0.770. The quantitative estimate of drug-likeness (QED) is 0.630. The maximum Gasteiger partial charge on any atom is 0.0504 e. The van der Waals surface area contributed by atoms with Gasteiger partial charge in [0.2, 0.25) is 0 Å². The van der Waals surface area contributed by atoms with Gasteiger partial charge in [-0.25, -0.2) is 0 Å². The number of nitrogens with one attached hydrogen (secondary N) is 1. The molecule has 0 bridgehead atoms. The van der Waals surface area contributed by atoms with E-state index in [9.17, 15) is 0 Å². The second kappa shape index (κ2) is 6.79. The molecule has 0 saturated carbocycles. The minimum Gasteiger partial charge on any atom is -0.271 e. The van der Waals surface area contributed by atoms with Gasteiger partial charge in [0.1, 0.15) is 0 Å². The van der Waals surface area contributed by atoms with Gasteiger partial charge in [0.05, 0.1) is 6.04 Å². The summed E-state index contributed by atoms with van der Waals surface area (Å²) in [7, 11) is 0. The highest BCUT2D eigenvalue weighted by molar-refractivity contribution is 6.36. The molecule has 2 rings (SSSR count). The lowest BCUT2D eigenvalue weighted by atomic mass is 9.96. The van der Waals surface area contributed by atoms with E-state index in [1.165, 1.54) is 0 Å². The molecule has 5 heteroatoms. The molecule has 0 saturated heterocycles. The number of hydrogen-bond acceptors (Lipinski definition) is 2. The normalized spacial score (nSPS) is 12.4. The zero-order chi connectivity index (χ0) is 14.7. The minimum atomic E-state index is -0.105. The monoisotopic (exact) mass is 328 g/mol. The smallest absolute Gasteiger partial charge is 0.0504 e. The Kier molecular flexibility index (Phi) is 5.30. The van der Waals surface area contributed by atoms with E-state index in [2.05, 4.69) is 5.43 Å². The van der Waals surface area contributed by atoms with Gasteiger partial charge in [-0.05, 0) is 54.3 Å². The van der Waals surface area contributed by atoms with Crippen LogP contribution in [0.15, 0.2) is 36.4 Å². The summed E-state index contributed by atoms with van der Waals surface area (Å²) in [5.74, 6) is 5.69. The highest BCUT2D eigenvalue weighted by Gasteiger charge is 2.17. The minimum absolute atomic E-state index is 0.105. The SMILES string of the molecule is Cc1ccc(Cl)cc1C(Cc1c(Cl)cccc1Cl)NN. The fraction of sp³-hybridized carbons (Fsp3) is 0.200. The Morgan fingerprint density at radius 1 is 1.10 bits per heavy atom. The Balaban J connectivity index is 2.36. The van der Waals surface area contributed by atoms with Crippen LogP contribution in [0.1, 0.15) is 22.7 Å². The Bertz CT molecular complexity index is 594. The van der Waals surface area contributed by atoms with Crippen LogP contribution in [0, 0.1) is 6.92 Å². The summed E-state index contributed by atoms with van der Waals surface area (Å²) in [5.41, 5.74) is 5.84. The molecule has 1 unspecified atom stereocenters. The predicted octanol–water partition coefficient (Wildman–Crippen LogP) is 4.70. The number of halogens is 3. The standard InChI is InChI=1S/C15H15Cl3N2/c1-9-5-6-10(16)7-11(9)15(20-19)8-12-13(17)3-2-4-14(12)18/h2-7,15,20H,8,19H2,1H3. The van der Waals surface area contributed by atoms with Gasteiger partial charge in [0.15, 0.2) is 0 Å². The molecule has 1 atom stereocenters. The van der Waals surface area contributed by atoms with E-state index < -0.39 is 0 Å². The maximum atomic E-state index is 6.21. The van der Waals surface area contributed by atoms with Crippen molar-refractivity contribution < 1.29 is 0 Å². The van der Waals surface area contributed by atoms with Gasteiger partial charge in [0.25, 0.3) is 0 Å². The lowest BCUT2D eigenvalue weighted by Gasteiger charge is -2.20. The summed E-state index contributed by atoms with van der Waals surface area (Å²) < 4.78 is 0. The molecule has 0 heterocycles. The predicted molar refractivity (Wildman–Crippen MR) is 86.4 cm³/mol. The summed E-state index contributed by atoms with van der Waals surface area (Å²) in [6, 6.07) is 11.1. The molecule has 0 aromatic heterocycles. The zero-order valence-corrected chi connectivity index (χ0v) is 13.2. The highest BCUT2D eigenvalue weighted by Crippen LogP contribution is 2.31. The van der Waals surface area contributed by atoms with Gasteiger partial charge in [-0.3, -0.25) is 11.3 Å². The van der Waals surface area contributed by atoms with Crippen molar-refractivity contribution in [2.45, 2.75) is 19.4 Å². The Morgan fingerprint density at radius 3 is 2.35 bits per heavy atom. The number of aryl methyl sites for hydroxylation is 1. The van der Waals surface area contributed by atoms with Gasteiger partial charge in [-0.15, -0.1) is 0 Å². The van der Waals surface area contributed by atoms with E-state index in [0.717, 1.165) is 16.7 Å². The molecule has 0 fully saturated rings. The highest BCUT2D eigenvalue weighted by atomic mass is 35.5. The van der Waals surface area contributed by atoms with Gasteiger partial charge in [-0.2, -0.15) is 0 Å². The summed E-state index contributed by atoms with van der Waals surface area (Å²) in [6.07, 6.45) is 0.593. The van der Waals surface area contributed by atoms with Crippen molar-refractivity contribution in [1.29, 1.82) is 0 Å². The molecule has 0 amide bonds. The first kappa shape index (κ1) is 15.6. The van der Waals surface area contributed by atoms with Crippen LogP contribution < -0.4 is 11.3 Å². The first-order valence-electron chi connectivity index (χ1n) is 6.18. The summed E-state index contributed by atoms with van der Waals surface area (Å²) in [6.45, 7) is 2.02. The number of hydrazine groups is 1. The number of nitrogens with two attached hydrogens (primary N) is 1. The van der Waals surface area contributed by atoms with Crippen molar-refractivity contribution in [1.82, 2.24) is 5.43 Å². The third-order valence-electron chi connectivity index (χ3n) is 3.29. The number of benzene rings is 2. The topological polar surface area (TPSA) is 38.0 Å². The molecule has 106 valence electrons. The molecule has 0 spiro atoms. The summed E-state index contributed by atoms with van der Waals surface area (Å²) >= 11 is 18.5. The van der Waals surface area contributed by atoms with Crippen LogP contribution in [0.3, 0.4) is 0 Å². The fourth-order valence-electron chi connectivity index (χ4n) is 2.18. The van der Waals surface area contributed by atoms with Crippen molar-refractivity contribution in [3.63, 3.8) is 0 Å². The third kappa shape index (κ3) is 3.46. The molecule has 20 heavy (non-hydrogen) atoms. The third-order valence-corrected chi connectivity index (χ3v) is 4.23. The number of rotatable bonds is 4. The summed E-state index contributed by atoms with van der Waals surface area (Å²) in [4.78, 5) is 0. The van der Waals surface area contributed by atoms with Crippen molar-refractivity contribution in [3.8, 4) is 0 Å². The van der Waals surface area contributed by atoms with Crippen LogP contribution in [0.25, 0.3) is 0 Å². The fourth-order valence-corrected chi connectivity index (χ4v) is 2.91. The van der Waals surface area contributed by atoms with E-state index in [1.807, 2.05) is 43.3 Å². The lowest BCUT2D eigenvalue weighted by Crippen LogP contribution is -2.30. The van der Waals surface area contributed by atoms with E-state index >= 15 is 0 Å². The largest absolute Gasteiger partial charge is 0.271 e. The van der Waals surface area contributed by atoms with Crippen LogP contribution >= 0.6 is 34.8 Å². The molecule has 0 aliphatic heterocycles. The van der Waals surface area contributed by atoms with Crippen molar-refractivity contribution in [2.24, 2.45) is 5.84 Å². The van der Waals surface area contributed by atoms with Crippen molar-refractivity contribution in [2.75, 3.05) is 0 Å². The average Bonchev–Trinajstić information content (AvgIpc) is 2.42. The number of hydrogen-bond donors (Lipinski definition) is 2. The molecule has 2 aromatic rings. The molecule has 0 aliphatic rings. The first-order chi connectivity index (χ1) is 9.52. The lowest BCUT2D eigenvalue weighted by molar-refractivity contribution is 0.549. The molecule has 0 aliphatic carbocycles. The van der Waals surface area contributed by atoms with E-state index in [4.69, 9.17) is 40.6 Å². The Morgan fingerprint density at radius 2 is 1.75 bits per heavy atom. The van der Waals surface area contributed by atoms with Crippen LogP contribution in [-0.4, -0.2) is 0 Å². The molecular formula is C15H15Cl3N2. The van der Waals surface area contributed by atoms with Crippen LogP contribution in [0.5, 0.6) is 0 Å². The Labute approximate surface area is 133 Å². The molecule has 3 N–H and O–H groups in total. The molecule has 2 aromatic carbocycles. The van der Waals surface area contributed by atoms with Crippen molar-refractivity contribution in [3.05, 3.63) is 68.2 Å². The van der Waals surface area contributed by atoms with E-state index in [-0.39, 0.29) is 6.04 Å². The van der Waals surface area contributed by atoms with E-state index in [1.54, 1.807) is 0 Å². The van der Waals surface area contributed by atoms with Gasteiger partial charge < -0.3 is 0 Å². The second-order valence-corrected chi connectivity index (χ2v) is 5.88. The zero-order valence-electron chi connectivity index (χ0n) is 11.0. The average molecular weight is 330 g/mol. The van der Waals surface area contributed by atoms with Crippen molar-refractivity contribution >= 4 is 34.8 Å². The van der Waals surface area contributed by atoms with Crippen LogP contribution in [0.4, 0.5) is 0 Å². The van der Waals surface area contributed by atoms with Gasteiger partial charge in [0, 0.05) is 15.1 Å². The molecule has 0 radical (unpaired) electrons. The second-order valence-electron chi connectivity index (χ2n) is 4.62. The van der Waals surface area contributed by atoms with E-state index in [0.29, 0.717) is 21.5 Å². The first-order valence-corrected chi connectivity index (χ1v) is 7.31. The summed E-state index contributed by atoms with van der Waals surface area (Å²) in [5, 5.41) is 1.95. The maximum absolute atomic E-state index is 6.21. The van der Waals surface area contributed by atoms with Crippen LogP contribution in [-0.2, 0) is 6.42 Å². The van der Waals surface area contributed by atoms with Gasteiger partial charge >= 0.3 is 0 Å². The molecular weight excluding hydrogens is 315 g/mol.